The standard InChI is InChI=1S/C15H17N3/c1-3-11-4-2-6-13-14(11)12(5-1)17-15(18-13)7-9-16-10-8-15/h1-6,16-18H,7-10H2. The molecule has 0 atom stereocenters. The highest BCUT2D eigenvalue weighted by molar-refractivity contribution is 6.05. The monoisotopic (exact) mass is 239 g/mol. The molecule has 1 fully saturated rings. The maximum atomic E-state index is 3.73. The third-order valence-corrected chi connectivity index (χ3v) is 4.11. The molecule has 3 nitrogen and oxygen atoms in total. The van der Waals surface area contributed by atoms with E-state index in [1.54, 1.807) is 0 Å². The van der Waals surface area contributed by atoms with E-state index in [1.165, 1.54) is 22.1 Å². The molecule has 1 spiro atoms. The topological polar surface area (TPSA) is 36.1 Å². The zero-order valence-corrected chi connectivity index (χ0v) is 10.3. The number of nitrogens with one attached hydrogen (secondary N) is 3. The molecule has 2 aromatic rings. The smallest absolute Gasteiger partial charge is 0.110 e. The van der Waals surface area contributed by atoms with E-state index in [-0.39, 0.29) is 5.66 Å². The maximum absolute atomic E-state index is 3.73. The minimum Gasteiger partial charge on any atom is -0.362 e. The minimum atomic E-state index is 0.0356. The summed E-state index contributed by atoms with van der Waals surface area (Å²) in [5.74, 6) is 0. The van der Waals surface area contributed by atoms with Crippen LogP contribution in [-0.4, -0.2) is 18.8 Å². The largest absolute Gasteiger partial charge is 0.362 e. The van der Waals surface area contributed by atoms with Crippen molar-refractivity contribution in [1.29, 1.82) is 0 Å². The molecule has 2 aromatic carbocycles. The van der Waals surface area contributed by atoms with Gasteiger partial charge in [-0.05, 0) is 30.6 Å². The van der Waals surface area contributed by atoms with E-state index in [0.717, 1.165) is 25.9 Å². The fourth-order valence-corrected chi connectivity index (χ4v) is 3.20. The highest BCUT2D eigenvalue weighted by Crippen LogP contribution is 2.40. The first-order valence-corrected chi connectivity index (χ1v) is 6.65. The van der Waals surface area contributed by atoms with Crippen molar-refractivity contribution in [2.75, 3.05) is 23.7 Å². The van der Waals surface area contributed by atoms with Crippen LogP contribution < -0.4 is 16.0 Å². The molecule has 0 bridgehead atoms. The van der Waals surface area contributed by atoms with Gasteiger partial charge in [0, 0.05) is 29.6 Å². The van der Waals surface area contributed by atoms with Gasteiger partial charge in [0.2, 0.25) is 0 Å². The van der Waals surface area contributed by atoms with Crippen LogP contribution in [0.25, 0.3) is 10.8 Å². The van der Waals surface area contributed by atoms with Crippen molar-refractivity contribution in [3.05, 3.63) is 36.4 Å². The second kappa shape index (κ2) is 3.62. The molecule has 0 amide bonds. The molecule has 0 saturated carbocycles. The quantitative estimate of drug-likeness (QED) is 0.661. The van der Waals surface area contributed by atoms with Gasteiger partial charge in [-0.3, -0.25) is 0 Å². The molecule has 3 N–H and O–H groups in total. The maximum Gasteiger partial charge on any atom is 0.110 e. The van der Waals surface area contributed by atoms with Gasteiger partial charge in [0.25, 0.3) is 0 Å². The Morgan fingerprint density at radius 1 is 0.833 bits per heavy atom. The SMILES string of the molecule is c1cc2c3c(cccc3c1)NC1(CCNCC1)N2. The van der Waals surface area contributed by atoms with Crippen LogP contribution in [0, 0.1) is 0 Å². The Morgan fingerprint density at radius 2 is 1.44 bits per heavy atom. The van der Waals surface area contributed by atoms with E-state index in [2.05, 4.69) is 52.3 Å². The van der Waals surface area contributed by atoms with Crippen LogP contribution in [-0.2, 0) is 0 Å². The summed E-state index contributed by atoms with van der Waals surface area (Å²) < 4.78 is 0. The summed E-state index contributed by atoms with van der Waals surface area (Å²) in [5.41, 5.74) is 2.57. The second-order valence-electron chi connectivity index (χ2n) is 5.29. The van der Waals surface area contributed by atoms with E-state index < -0.39 is 0 Å². The first-order valence-electron chi connectivity index (χ1n) is 6.65. The Balaban J connectivity index is 1.88. The number of hydrogen-bond acceptors (Lipinski definition) is 3. The third kappa shape index (κ3) is 1.40. The lowest BCUT2D eigenvalue weighted by atomic mass is 9.92. The average molecular weight is 239 g/mol. The van der Waals surface area contributed by atoms with Crippen LogP contribution >= 0.6 is 0 Å². The van der Waals surface area contributed by atoms with Crippen LogP contribution in [0.3, 0.4) is 0 Å². The summed E-state index contributed by atoms with van der Waals surface area (Å²) in [6, 6.07) is 13.0. The second-order valence-corrected chi connectivity index (χ2v) is 5.29. The summed E-state index contributed by atoms with van der Waals surface area (Å²) in [4.78, 5) is 0. The van der Waals surface area contributed by atoms with Gasteiger partial charge in [0.1, 0.15) is 5.66 Å². The number of benzene rings is 2. The zero-order valence-electron chi connectivity index (χ0n) is 10.3. The summed E-state index contributed by atoms with van der Waals surface area (Å²) >= 11 is 0. The molecule has 2 heterocycles. The van der Waals surface area contributed by atoms with Crippen LogP contribution in [0.15, 0.2) is 36.4 Å². The van der Waals surface area contributed by atoms with Crippen molar-refractivity contribution in [3.63, 3.8) is 0 Å². The number of rotatable bonds is 0. The molecule has 92 valence electrons. The van der Waals surface area contributed by atoms with Crippen LogP contribution in [0.5, 0.6) is 0 Å². The number of piperidine rings is 1. The van der Waals surface area contributed by atoms with Crippen molar-refractivity contribution in [2.45, 2.75) is 18.5 Å². The van der Waals surface area contributed by atoms with E-state index in [1.807, 2.05) is 0 Å². The highest BCUT2D eigenvalue weighted by Gasteiger charge is 2.35. The Kier molecular flexibility index (Phi) is 2.06. The lowest BCUT2D eigenvalue weighted by Gasteiger charge is -2.44. The van der Waals surface area contributed by atoms with Crippen molar-refractivity contribution < 1.29 is 0 Å². The Bertz CT molecular complexity index is 557. The molecule has 0 aromatic heterocycles. The van der Waals surface area contributed by atoms with E-state index >= 15 is 0 Å². The Labute approximate surface area is 107 Å². The Hall–Kier alpha value is -1.74. The molecule has 4 rings (SSSR count). The molecule has 0 unspecified atom stereocenters. The van der Waals surface area contributed by atoms with Crippen molar-refractivity contribution >= 4 is 22.1 Å². The normalized spacial score (nSPS) is 20.4. The van der Waals surface area contributed by atoms with Gasteiger partial charge in [-0.1, -0.05) is 24.3 Å². The van der Waals surface area contributed by atoms with Crippen molar-refractivity contribution in [3.8, 4) is 0 Å². The van der Waals surface area contributed by atoms with E-state index in [0.29, 0.717) is 0 Å². The van der Waals surface area contributed by atoms with Gasteiger partial charge < -0.3 is 16.0 Å². The highest BCUT2D eigenvalue weighted by atomic mass is 15.2. The molecular weight excluding hydrogens is 222 g/mol. The molecule has 2 aliphatic heterocycles. The lowest BCUT2D eigenvalue weighted by molar-refractivity contribution is 0.374. The first-order chi connectivity index (χ1) is 8.86. The minimum absolute atomic E-state index is 0.0356. The average Bonchev–Trinajstić information content (AvgIpc) is 2.40. The van der Waals surface area contributed by atoms with Crippen LogP contribution in [0.4, 0.5) is 11.4 Å². The van der Waals surface area contributed by atoms with Crippen molar-refractivity contribution in [1.82, 2.24) is 5.32 Å². The number of anilines is 2. The lowest BCUT2D eigenvalue weighted by Crippen LogP contribution is -2.54. The molecule has 0 radical (unpaired) electrons. The van der Waals surface area contributed by atoms with Gasteiger partial charge in [-0.25, -0.2) is 0 Å². The van der Waals surface area contributed by atoms with Crippen LogP contribution in [0.1, 0.15) is 12.8 Å². The molecular formula is C15H17N3. The third-order valence-electron chi connectivity index (χ3n) is 4.11. The van der Waals surface area contributed by atoms with Gasteiger partial charge in [-0.15, -0.1) is 0 Å². The van der Waals surface area contributed by atoms with Crippen molar-refractivity contribution in [2.24, 2.45) is 0 Å². The molecule has 1 saturated heterocycles. The number of hydrogen-bond donors (Lipinski definition) is 3. The summed E-state index contributed by atoms with van der Waals surface area (Å²) in [6.07, 6.45) is 2.22. The molecule has 2 aliphatic rings. The van der Waals surface area contributed by atoms with Gasteiger partial charge in [0.15, 0.2) is 0 Å². The fraction of sp³-hybridized carbons (Fsp3) is 0.333. The fourth-order valence-electron chi connectivity index (χ4n) is 3.20. The Morgan fingerprint density at radius 3 is 2.06 bits per heavy atom. The predicted molar refractivity (Wildman–Crippen MR) is 76.0 cm³/mol. The van der Waals surface area contributed by atoms with Gasteiger partial charge in [-0.2, -0.15) is 0 Å². The van der Waals surface area contributed by atoms with Gasteiger partial charge >= 0.3 is 0 Å². The first kappa shape index (κ1) is 10.2. The molecule has 0 aliphatic carbocycles. The molecule has 18 heavy (non-hydrogen) atoms. The predicted octanol–water partition coefficient (Wildman–Crippen LogP) is 2.76. The van der Waals surface area contributed by atoms with Gasteiger partial charge in [0.05, 0.1) is 0 Å². The summed E-state index contributed by atoms with van der Waals surface area (Å²) in [5, 5.41) is 13.5. The zero-order chi connectivity index (χ0) is 12.0. The van der Waals surface area contributed by atoms with E-state index in [4.69, 9.17) is 0 Å². The van der Waals surface area contributed by atoms with Crippen LogP contribution in [0.2, 0.25) is 0 Å². The van der Waals surface area contributed by atoms with E-state index in [9.17, 15) is 0 Å². The summed E-state index contributed by atoms with van der Waals surface area (Å²) in [6.45, 7) is 2.14. The summed E-state index contributed by atoms with van der Waals surface area (Å²) in [7, 11) is 0. The molecule has 3 heteroatoms.